The van der Waals surface area contributed by atoms with Gasteiger partial charge < -0.3 is 4.74 Å². The number of ketones is 1. The lowest BCUT2D eigenvalue weighted by molar-refractivity contribution is -0.141. The van der Waals surface area contributed by atoms with Crippen molar-refractivity contribution in [2.75, 3.05) is 0 Å². The van der Waals surface area contributed by atoms with Gasteiger partial charge in [-0.15, -0.1) is 0 Å². The molecule has 0 aromatic heterocycles. The Hall–Kier alpha value is -2.23. The molecule has 0 aromatic rings. The molecule has 0 saturated heterocycles. The Morgan fingerprint density at radius 3 is 2.74 bits per heavy atom. The van der Waals surface area contributed by atoms with Crippen LogP contribution in [0.5, 0.6) is 0 Å². The topological polar surface area (TPSA) is 60.4 Å². The smallest absolute Gasteiger partial charge is 0.311 e. The molecule has 2 fully saturated rings. The number of rotatable bonds is 5. The fraction of sp³-hybridized carbons (Fsp3) is 0.593. The van der Waals surface area contributed by atoms with E-state index in [1.165, 1.54) is 11.1 Å². The molecule has 0 heterocycles. The van der Waals surface area contributed by atoms with Crippen LogP contribution in [0.25, 0.3) is 0 Å². The average molecular weight is 423 g/mol. The van der Waals surface area contributed by atoms with Crippen LogP contribution in [0.2, 0.25) is 0 Å². The molecule has 0 spiro atoms. The predicted molar refractivity (Wildman–Crippen MR) is 120 cm³/mol. The SMILES string of the molecule is CC(C)CCC(=O)OC(C=O)=C1CC[C@H]2[C@@H]3CCC4=CC(=O)C=C[C@]4(C)C3=CC[C@]12C. The molecule has 4 heteroatoms. The van der Waals surface area contributed by atoms with Crippen LogP contribution in [0.15, 0.2) is 46.8 Å². The average Bonchev–Trinajstić information content (AvgIpc) is 3.08. The molecule has 0 radical (unpaired) electrons. The largest absolute Gasteiger partial charge is 0.423 e. The lowest BCUT2D eigenvalue weighted by atomic mass is 9.53. The number of ether oxygens (including phenoxy) is 1. The van der Waals surface area contributed by atoms with Crippen molar-refractivity contribution < 1.29 is 19.1 Å². The highest BCUT2D eigenvalue weighted by Crippen LogP contribution is 2.64. The highest BCUT2D eigenvalue weighted by Gasteiger charge is 2.54. The quantitative estimate of drug-likeness (QED) is 0.189. The molecule has 4 nitrogen and oxygen atoms in total. The van der Waals surface area contributed by atoms with Crippen molar-refractivity contribution in [3.63, 3.8) is 0 Å². The van der Waals surface area contributed by atoms with Crippen LogP contribution in [0.3, 0.4) is 0 Å². The Kier molecular flexibility index (Phi) is 5.70. The minimum absolute atomic E-state index is 0.0909. The Morgan fingerprint density at radius 2 is 2.03 bits per heavy atom. The zero-order chi connectivity index (χ0) is 22.4. The lowest BCUT2D eigenvalue weighted by Crippen LogP contribution is -2.42. The summed E-state index contributed by atoms with van der Waals surface area (Å²) >= 11 is 0. The minimum Gasteiger partial charge on any atom is -0.423 e. The van der Waals surface area contributed by atoms with Gasteiger partial charge in [0.2, 0.25) is 0 Å². The van der Waals surface area contributed by atoms with Crippen molar-refractivity contribution in [2.45, 2.75) is 72.6 Å². The normalized spacial score (nSPS) is 35.6. The van der Waals surface area contributed by atoms with Gasteiger partial charge >= 0.3 is 5.97 Å². The molecule has 2 saturated carbocycles. The molecule has 4 aliphatic rings. The van der Waals surface area contributed by atoms with Crippen molar-refractivity contribution in [3.8, 4) is 0 Å². The van der Waals surface area contributed by atoms with Crippen molar-refractivity contribution >= 4 is 18.0 Å². The number of hydrogen-bond donors (Lipinski definition) is 0. The van der Waals surface area contributed by atoms with Gasteiger partial charge in [-0.05, 0) is 86.3 Å². The van der Waals surface area contributed by atoms with Gasteiger partial charge in [-0.2, -0.15) is 0 Å². The number of hydrogen-bond acceptors (Lipinski definition) is 4. The predicted octanol–water partition coefficient (Wildman–Crippen LogP) is 5.65. The Labute approximate surface area is 185 Å². The van der Waals surface area contributed by atoms with E-state index in [1.807, 2.05) is 6.08 Å². The van der Waals surface area contributed by atoms with Crippen molar-refractivity contribution in [1.29, 1.82) is 0 Å². The Bertz CT molecular complexity index is 931. The van der Waals surface area contributed by atoms with E-state index in [1.54, 1.807) is 6.08 Å². The number of allylic oxidation sites excluding steroid dienone is 8. The third-order valence-corrected chi connectivity index (χ3v) is 8.29. The first-order valence-corrected chi connectivity index (χ1v) is 11.7. The van der Waals surface area contributed by atoms with Crippen LogP contribution in [-0.4, -0.2) is 18.0 Å². The molecule has 4 atom stereocenters. The second kappa shape index (κ2) is 8.03. The molecular weight excluding hydrogens is 388 g/mol. The second-order valence-electron chi connectivity index (χ2n) is 10.5. The van der Waals surface area contributed by atoms with E-state index < -0.39 is 0 Å². The van der Waals surface area contributed by atoms with Gasteiger partial charge in [-0.25, -0.2) is 0 Å². The maximum Gasteiger partial charge on any atom is 0.311 e. The maximum absolute atomic E-state index is 12.3. The fourth-order valence-corrected chi connectivity index (χ4v) is 6.48. The summed E-state index contributed by atoms with van der Waals surface area (Å²) in [6.45, 7) is 8.63. The maximum atomic E-state index is 12.3. The van der Waals surface area contributed by atoms with E-state index >= 15 is 0 Å². The zero-order valence-corrected chi connectivity index (χ0v) is 19.2. The van der Waals surface area contributed by atoms with Crippen LogP contribution < -0.4 is 0 Å². The molecule has 4 rings (SSSR count). The van der Waals surface area contributed by atoms with E-state index in [9.17, 15) is 14.4 Å². The van der Waals surface area contributed by atoms with Gasteiger partial charge in [0.15, 0.2) is 17.8 Å². The molecule has 0 bridgehead atoms. The van der Waals surface area contributed by atoms with E-state index in [0.717, 1.165) is 50.4 Å². The number of aldehydes is 1. The Morgan fingerprint density at radius 1 is 1.26 bits per heavy atom. The molecule has 0 N–H and O–H groups in total. The summed E-state index contributed by atoms with van der Waals surface area (Å²) in [4.78, 5) is 36.2. The van der Waals surface area contributed by atoms with Gasteiger partial charge in [0.05, 0.1) is 0 Å². The van der Waals surface area contributed by atoms with E-state index in [0.29, 0.717) is 24.2 Å². The molecule has 4 aliphatic carbocycles. The molecule has 166 valence electrons. The van der Waals surface area contributed by atoms with Gasteiger partial charge in [0.1, 0.15) is 0 Å². The zero-order valence-electron chi connectivity index (χ0n) is 19.2. The Balaban J connectivity index is 1.63. The summed E-state index contributed by atoms with van der Waals surface area (Å²) in [5.41, 5.74) is 3.35. The molecule has 0 aromatic carbocycles. The van der Waals surface area contributed by atoms with Gasteiger partial charge in [0.25, 0.3) is 0 Å². The van der Waals surface area contributed by atoms with Crippen LogP contribution in [-0.2, 0) is 19.1 Å². The summed E-state index contributed by atoms with van der Waals surface area (Å²) in [6.07, 6.45) is 14.4. The molecule has 0 aliphatic heterocycles. The summed E-state index contributed by atoms with van der Waals surface area (Å²) in [6, 6.07) is 0. The van der Waals surface area contributed by atoms with Gasteiger partial charge in [-0.3, -0.25) is 14.4 Å². The summed E-state index contributed by atoms with van der Waals surface area (Å²) in [5.74, 6) is 1.32. The van der Waals surface area contributed by atoms with Crippen molar-refractivity contribution in [1.82, 2.24) is 0 Å². The minimum atomic E-state index is -0.306. The summed E-state index contributed by atoms with van der Waals surface area (Å²) < 4.78 is 5.60. The van der Waals surface area contributed by atoms with Crippen LogP contribution in [0, 0.1) is 28.6 Å². The van der Waals surface area contributed by atoms with Crippen LogP contribution >= 0.6 is 0 Å². The van der Waals surface area contributed by atoms with E-state index in [-0.39, 0.29) is 28.3 Å². The number of fused-ring (bicyclic) bond motifs is 5. The molecular formula is C27H34O4. The first-order chi connectivity index (χ1) is 14.7. The summed E-state index contributed by atoms with van der Waals surface area (Å²) in [7, 11) is 0. The number of esters is 1. The second-order valence-corrected chi connectivity index (χ2v) is 10.5. The summed E-state index contributed by atoms with van der Waals surface area (Å²) in [5, 5.41) is 0. The third kappa shape index (κ3) is 3.68. The van der Waals surface area contributed by atoms with Crippen LogP contribution in [0.1, 0.15) is 72.6 Å². The number of carbonyl (C=O) groups excluding carboxylic acids is 3. The first kappa shape index (κ1) is 22.0. The van der Waals surface area contributed by atoms with Gasteiger partial charge in [0, 0.05) is 11.8 Å². The molecule has 31 heavy (non-hydrogen) atoms. The fourth-order valence-electron chi connectivity index (χ4n) is 6.48. The highest BCUT2D eigenvalue weighted by atomic mass is 16.5. The lowest BCUT2D eigenvalue weighted by Gasteiger charge is -2.51. The molecule has 0 amide bonds. The van der Waals surface area contributed by atoms with Crippen LogP contribution in [0.4, 0.5) is 0 Å². The first-order valence-electron chi connectivity index (χ1n) is 11.7. The standard InChI is InChI=1S/C27H34O4/c1-17(2)5-10-25(30)31-24(16-28)23-9-8-21-20-7-6-18-15-19(29)11-13-26(18,3)22(20)12-14-27(21,23)4/h11-13,15-17,20-21H,5-10,14H2,1-4H3/t20-,21-,26-,27-/m0/s1. The van der Waals surface area contributed by atoms with Crippen molar-refractivity contribution in [3.05, 3.63) is 46.8 Å². The third-order valence-electron chi connectivity index (χ3n) is 8.29. The van der Waals surface area contributed by atoms with E-state index in [4.69, 9.17) is 4.74 Å². The monoisotopic (exact) mass is 422 g/mol. The highest BCUT2D eigenvalue weighted by molar-refractivity contribution is 6.01. The molecule has 0 unspecified atom stereocenters. The van der Waals surface area contributed by atoms with Crippen molar-refractivity contribution in [2.24, 2.45) is 28.6 Å². The van der Waals surface area contributed by atoms with Gasteiger partial charge in [-0.1, -0.05) is 44.1 Å². The van der Waals surface area contributed by atoms with E-state index in [2.05, 4.69) is 39.8 Å². The number of carbonyl (C=O) groups is 3.